The summed E-state index contributed by atoms with van der Waals surface area (Å²) in [5.41, 5.74) is -0.256. The molecule has 2 atom stereocenters. The molecule has 250 valence electrons. The van der Waals surface area contributed by atoms with Crippen molar-refractivity contribution in [3.63, 3.8) is 0 Å². The lowest BCUT2D eigenvalue weighted by Gasteiger charge is -2.24. The van der Waals surface area contributed by atoms with E-state index in [1.165, 1.54) is 23.7 Å². The van der Waals surface area contributed by atoms with Gasteiger partial charge in [0.25, 0.3) is 0 Å². The highest BCUT2D eigenvalue weighted by atomic mass is 35.5. The van der Waals surface area contributed by atoms with Crippen LogP contribution in [0, 0.1) is 5.82 Å². The first-order valence-corrected chi connectivity index (χ1v) is 16.7. The number of anilines is 3. The Balaban J connectivity index is 1.38. The largest absolute Gasteiger partial charge is 0.466 e. The highest BCUT2D eigenvalue weighted by molar-refractivity contribution is 7.16. The number of likely N-dealkylation sites (tertiary alicyclic amines) is 1. The van der Waals surface area contributed by atoms with E-state index in [-0.39, 0.29) is 40.7 Å². The van der Waals surface area contributed by atoms with Crippen LogP contribution in [-0.4, -0.2) is 82.6 Å². The molecule has 0 spiro atoms. The summed E-state index contributed by atoms with van der Waals surface area (Å²) in [6, 6.07) is 3.87. The third-order valence-electron chi connectivity index (χ3n) is 8.57. The predicted molar refractivity (Wildman–Crippen MR) is 171 cm³/mol. The van der Waals surface area contributed by atoms with Crippen molar-refractivity contribution < 1.29 is 27.1 Å². The van der Waals surface area contributed by atoms with Crippen LogP contribution < -0.4 is 10.2 Å². The van der Waals surface area contributed by atoms with Gasteiger partial charge in [-0.1, -0.05) is 29.9 Å². The van der Waals surface area contributed by atoms with Crippen LogP contribution in [-0.2, 0) is 22.3 Å². The number of benzene rings is 1. The summed E-state index contributed by atoms with van der Waals surface area (Å²) in [4.78, 5) is 31.7. The molecule has 2 aliphatic rings. The highest BCUT2D eigenvalue weighted by Crippen LogP contribution is 2.40. The second-order valence-electron chi connectivity index (χ2n) is 11.6. The summed E-state index contributed by atoms with van der Waals surface area (Å²) in [5, 5.41) is 3.22. The normalized spacial score (nSPS) is 18.9. The van der Waals surface area contributed by atoms with Crippen molar-refractivity contribution in [2.24, 2.45) is 0 Å². The fourth-order valence-electron chi connectivity index (χ4n) is 6.12. The van der Waals surface area contributed by atoms with Crippen LogP contribution in [0.15, 0.2) is 24.5 Å². The van der Waals surface area contributed by atoms with Crippen LogP contribution in [0.1, 0.15) is 56.4 Å². The number of hydrogen-bond donors (Lipinski definition) is 1. The molecule has 0 radical (unpaired) electrons. The average Bonchev–Trinajstić information content (AvgIpc) is 3.77. The van der Waals surface area contributed by atoms with E-state index in [2.05, 4.69) is 37.0 Å². The van der Waals surface area contributed by atoms with Gasteiger partial charge in [-0.2, -0.15) is 17.6 Å². The summed E-state index contributed by atoms with van der Waals surface area (Å²) in [7, 11) is 1.93. The third-order valence-corrected chi connectivity index (χ3v) is 9.74. The maximum atomic E-state index is 15.9. The summed E-state index contributed by atoms with van der Waals surface area (Å²) >= 11 is 7.40. The van der Waals surface area contributed by atoms with Crippen molar-refractivity contribution in [2.75, 3.05) is 50.1 Å². The molecule has 1 N–H and O–H groups in total. The zero-order valence-electron chi connectivity index (χ0n) is 26.0. The zero-order chi connectivity index (χ0) is 33.0. The second kappa shape index (κ2) is 14.8. The Morgan fingerprint density at radius 2 is 2.00 bits per heavy atom. The summed E-state index contributed by atoms with van der Waals surface area (Å²) in [5.74, 6) is -0.839. The lowest BCUT2D eigenvalue weighted by molar-refractivity contribution is -0.143. The molecule has 2 aromatic heterocycles. The molecule has 46 heavy (non-hydrogen) atoms. The molecule has 9 nitrogen and oxygen atoms in total. The van der Waals surface area contributed by atoms with Crippen molar-refractivity contribution >= 4 is 45.7 Å². The number of thiazole rings is 1. The molecule has 0 unspecified atom stereocenters. The van der Waals surface area contributed by atoms with Crippen LogP contribution >= 0.6 is 22.9 Å². The van der Waals surface area contributed by atoms with Gasteiger partial charge in [0.2, 0.25) is 5.82 Å². The topological polar surface area (TPSA) is 86.7 Å². The molecule has 2 aliphatic heterocycles. The molecule has 0 amide bonds. The van der Waals surface area contributed by atoms with Crippen molar-refractivity contribution in [1.82, 2.24) is 24.8 Å². The third kappa shape index (κ3) is 8.07. The fourth-order valence-corrected chi connectivity index (χ4v) is 7.37. The van der Waals surface area contributed by atoms with Gasteiger partial charge in [0.05, 0.1) is 24.3 Å². The van der Waals surface area contributed by atoms with Crippen LogP contribution in [0.4, 0.5) is 34.3 Å². The van der Waals surface area contributed by atoms with Gasteiger partial charge in [-0.3, -0.25) is 9.69 Å². The number of likely N-dealkylation sites (N-methyl/N-ethyl adjacent to an activating group) is 1. The molecule has 0 bridgehead atoms. The summed E-state index contributed by atoms with van der Waals surface area (Å²) < 4.78 is 62.0. The number of halogens is 5. The van der Waals surface area contributed by atoms with Crippen LogP contribution in [0.3, 0.4) is 0 Å². The quantitative estimate of drug-likeness (QED) is 0.160. The van der Waals surface area contributed by atoms with E-state index in [1.807, 2.05) is 11.9 Å². The Kier molecular flexibility index (Phi) is 11.0. The van der Waals surface area contributed by atoms with Gasteiger partial charge < -0.3 is 19.9 Å². The monoisotopic (exact) mass is 683 g/mol. The smallest absolute Gasteiger partial charge is 0.416 e. The van der Waals surface area contributed by atoms with Crippen molar-refractivity contribution in [3.8, 4) is 11.3 Å². The number of carbonyl (C=O) groups is 1. The molecule has 5 rings (SSSR count). The maximum Gasteiger partial charge on any atom is 0.416 e. The first-order chi connectivity index (χ1) is 22.0. The Hall–Kier alpha value is -3.07. The van der Waals surface area contributed by atoms with E-state index >= 15 is 4.39 Å². The molecule has 4 heterocycles. The number of esters is 1. The van der Waals surface area contributed by atoms with Gasteiger partial charge >= 0.3 is 12.1 Å². The first-order valence-electron chi connectivity index (χ1n) is 15.5. The average molecular weight is 684 g/mol. The van der Waals surface area contributed by atoms with Crippen LogP contribution in [0.2, 0.25) is 5.02 Å². The SMILES string of the molecule is CCOC(=O)CCN(C)[C@H]1CCN(c2ncnc(Nc3nc(-c4cc(Cl)cc(C(F)(F)F)c4)c(CN4CCC[C@H]4CC)s3)c2F)C1. The minimum Gasteiger partial charge on any atom is -0.466 e. The number of hydrogen-bond acceptors (Lipinski definition) is 10. The standard InChI is InChI=1S/C31H38ClF4N7O2S/c1-4-22-7-6-10-42(22)17-24-27(19-13-20(31(34,35)36)15-21(32)14-19)39-30(46-24)40-28-26(33)29(38-18-37-28)43-12-8-23(16-43)41(3)11-9-25(44)45-5-2/h13-15,18,22-23H,4-12,16-17H2,1-3H3,(H,37,38,39,40)/t22-,23+/m1/s1. The van der Waals surface area contributed by atoms with Gasteiger partial charge in [-0.05, 0) is 64.4 Å². The summed E-state index contributed by atoms with van der Waals surface area (Å²) in [6.45, 7) is 7.21. The zero-order valence-corrected chi connectivity index (χ0v) is 27.6. The number of aromatic nitrogens is 3. The van der Waals surface area contributed by atoms with Crippen molar-refractivity contribution in [1.29, 1.82) is 0 Å². The number of nitrogens with zero attached hydrogens (tertiary/aromatic N) is 6. The minimum atomic E-state index is -4.58. The van der Waals surface area contributed by atoms with E-state index in [9.17, 15) is 18.0 Å². The van der Waals surface area contributed by atoms with Gasteiger partial charge in [0, 0.05) is 53.7 Å². The van der Waals surface area contributed by atoms with Crippen LogP contribution in [0.5, 0.6) is 0 Å². The molecule has 2 saturated heterocycles. The predicted octanol–water partition coefficient (Wildman–Crippen LogP) is 6.99. The maximum absolute atomic E-state index is 15.9. The number of rotatable bonds is 12. The van der Waals surface area contributed by atoms with E-state index < -0.39 is 17.6 Å². The highest BCUT2D eigenvalue weighted by Gasteiger charge is 2.33. The molecule has 1 aromatic carbocycles. The van der Waals surface area contributed by atoms with E-state index in [0.29, 0.717) is 49.7 Å². The minimum absolute atomic E-state index is 0.0483. The van der Waals surface area contributed by atoms with Gasteiger partial charge in [0.15, 0.2) is 16.8 Å². The Morgan fingerprint density at radius 3 is 2.74 bits per heavy atom. The molecule has 0 aliphatic carbocycles. The number of carbonyl (C=O) groups excluding carboxylic acids is 1. The molecule has 0 saturated carbocycles. The number of alkyl halides is 3. The van der Waals surface area contributed by atoms with E-state index in [4.69, 9.17) is 16.3 Å². The lowest BCUT2D eigenvalue weighted by Crippen LogP contribution is -2.36. The second-order valence-corrected chi connectivity index (χ2v) is 13.1. The first kappa shape index (κ1) is 34.3. The Morgan fingerprint density at radius 1 is 1.20 bits per heavy atom. The van der Waals surface area contributed by atoms with Crippen molar-refractivity contribution in [3.05, 3.63) is 45.8 Å². The number of ether oxygens (including phenoxy) is 1. The van der Waals surface area contributed by atoms with E-state index in [1.54, 1.807) is 6.92 Å². The fraction of sp³-hybridized carbons (Fsp3) is 0.548. The molecule has 3 aromatic rings. The van der Waals surface area contributed by atoms with Crippen molar-refractivity contribution in [2.45, 2.75) is 70.8 Å². The van der Waals surface area contributed by atoms with Gasteiger partial charge in [-0.15, -0.1) is 0 Å². The van der Waals surface area contributed by atoms with Crippen LogP contribution in [0.25, 0.3) is 11.3 Å². The Bertz CT molecular complexity index is 1520. The summed E-state index contributed by atoms with van der Waals surface area (Å²) in [6.07, 6.45) is 0.791. The molecule has 2 fully saturated rings. The van der Waals surface area contributed by atoms with Gasteiger partial charge in [-0.25, -0.2) is 15.0 Å². The molecule has 15 heteroatoms. The molecular weight excluding hydrogens is 646 g/mol. The van der Waals surface area contributed by atoms with E-state index in [0.717, 1.165) is 49.2 Å². The molecular formula is C31H38ClF4N7O2S. The Labute approximate surface area is 274 Å². The number of nitrogens with one attached hydrogen (secondary N) is 1. The van der Waals surface area contributed by atoms with Gasteiger partial charge in [0.1, 0.15) is 6.33 Å². The lowest BCUT2D eigenvalue weighted by atomic mass is 10.1.